The number of nitrogens with one attached hydrogen (secondary N) is 1. The first-order valence-corrected chi connectivity index (χ1v) is 10.2. The molecule has 28 heavy (non-hydrogen) atoms. The van der Waals surface area contributed by atoms with Gasteiger partial charge < -0.3 is 15.0 Å². The molecule has 2 amide bonds. The van der Waals surface area contributed by atoms with E-state index in [9.17, 15) is 14.0 Å². The minimum atomic E-state index is -0.402. The number of ether oxygens (including phenoxy) is 1. The summed E-state index contributed by atoms with van der Waals surface area (Å²) in [5, 5.41) is 3.03. The number of likely N-dealkylation sites (tertiary alicyclic amines) is 1. The van der Waals surface area contributed by atoms with Crippen LogP contribution in [0, 0.1) is 5.82 Å². The van der Waals surface area contributed by atoms with Crippen molar-refractivity contribution in [2.24, 2.45) is 0 Å². The lowest BCUT2D eigenvalue weighted by molar-refractivity contribution is -0.132. The maximum Gasteiger partial charge on any atom is 0.234 e. The van der Waals surface area contributed by atoms with Crippen LogP contribution in [0.3, 0.4) is 0 Å². The molecule has 0 bridgehead atoms. The van der Waals surface area contributed by atoms with Crippen LogP contribution in [0.4, 0.5) is 4.39 Å². The summed E-state index contributed by atoms with van der Waals surface area (Å²) in [6, 6.07) is 6.98. The number of nitrogens with zero attached hydrogens (tertiary/aromatic N) is 2. The van der Waals surface area contributed by atoms with Crippen LogP contribution in [0.25, 0.3) is 0 Å². The molecular weight excluding hydrogens is 361 g/mol. The molecule has 2 aliphatic heterocycles. The molecule has 7 heteroatoms. The summed E-state index contributed by atoms with van der Waals surface area (Å²) < 4.78 is 20.2. The second-order valence-electron chi connectivity index (χ2n) is 8.24. The quantitative estimate of drug-likeness (QED) is 0.833. The molecule has 2 heterocycles. The van der Waals surface area contributed by atoms with E-state index < -0.39 is 5.60 Å². The number of halogens is 1. The number of carbonyl (C=O) groups excluding carboxylic acids is 2. The van der Waals surface area contributed by atoms with Crippen molar-refractivity contribution in [2.75, 3.05) is 32.8 Å². The monoisotopic (exact) mass is 389 g/mol. The first-order valence-electron chi connectivity index (χ1n) is 10.2. The fraction of sp³-hybridized carbons (Fsp3) is 0.619. The summed E-state index contributed by atoms with van der Waals surface area (Å²) in [4.78, 5) is 28.5. The SMILES string of the molecule is O=C(CN1CCC2(CC1)CN(Cc1ccccc1F)C(=O)CCO2)NC1CC1. The Bertz CT molecular complexity index is 729. The van der Waals surface area contributed by atoms with Gasteiger partial charge in [0.2, 0.25) is 11.8 Å². The molecule has 2 saturated heterocycles. The maximum atomic E-state index is 14.1. The van der Waals surface area contributed by atoms with Gasteiger partial charge in [-0.2, -0.15) is 0 Å². The summed E-state index contributed by atoms with van der Waals surface area (Å²) in [7, 11) is 0. The van der Waals surface area contributed by atoms with Crippen molar-refractivity contribution >= 4 is 11.8 Å². The van der Waals surface area contributed by atoms with Crippen molar-refractivity contribution in [3.8, 4) is 0 Å². The highest BCUT2D eigenvalue weighted by Crippen LogP contribution is 2.31. The van der Waals surface area contributed by atoms with Gasteiger partial charge in [0.15, 0.2) is 0 Å². The number of amides is 2. The molecule has 1 N–H and O–H groups in total. The summed E-state index contributed by atoms with van der Waals surface area (Å²) in [6.07, 6.45) is 4.04. The number of hydrogen-bond donors (Lipinski definition) is 1. The Morgan fingerprint density at radius 2 is 2.00 bits per heavy atom. The van der Waals surface area contributed by atoms with Gasteiger partial charge in [-0.1, -0.05) is 18.2 Å². The van der Waals surface area contributed by atoms with Gasteiger partial charge in [0.25, 0.3) is 0 Å². The summed E-state index contributed by atoms with van der Waals surface area (Å²) in [5.74, 6) is -0.186. The molecule has 0 atom stereocenters. The van der Waals surface area contributed by atoms with Gasteiger partial charge >= 0.3 is 0 Å². The Hall–Kier alpha value is -1.99. The largest absolute Gasteiger partial charge is 0.373 e. The zero-order valence-corrected chi connectivity index (χ0v) is 16.2. The summed E-state index contributed by atoms with van der Waals surface area (Å²) in [6.45, 7) is 3.09. The Balaban J connectivity index is 1.36. The van der Waals surface area contributed by atoms with Crippen molar-refractivity contribution in [2.45, 2.75) is 50.3 Å². The van der Waals surface area contributed by atoms with Crippen molar-refractivity contribution in [3.63, 3.8) is 0 Å². The van der Waals surface area contributed by atoms with Gasteiger partial charge in [-0.15, -0.1) is 0 Å². The molecule has 3 fully saturated rings. The van der Waals surface area contributed by atoms with E-state index in [1.54, 1.807) is 23.1 Å². The molecule has 6 nitrogen and oxygen atoms in total. The average Bonchev–Trinajstić information content (AvgIpc) is 3.49. The lowest BCUT2D eigenvalue weighted by Crippen LogP contribution is -2.53. The van der Waals surface area contributed by atoms with Gasteiger partial charge in [0.05, 0.1) is 31.7 Å². The van der Waals surface area contributed by atoms with Crippen molar-refractivity contribution in [3.05, 3.63) is 35.6 Å². The van der Waals surface area contributed by atoms with Gasteiger partial charge in [-0.3, -0.25) is 14.5 Å². The Morgan fingerprint density at radius 3 is 2.71 bits per heavy atom. The second-order valence-corrected chi connectivity index (χ2v) is 8.24. The van der Waals surface area contributed by atoms with Crippen LogP contribution >= 0.6 is 0 Å². The number of benzene rings is 1. The predicted molar refractivity (Wildman–Crippen MR) is 102 cm³/mol. The molecule has 1 aromatic carbocycles. The fourth-order valence-corrected chi connectivity index (χ4v) is 4.10. The topological polar surface area (TPSA) is 61.9 Å². The van der Waals surface area contributed by atoms with Crippen molar-refractivity contribution < 1.29 is 18.7 Å². The van der Waals surface area contributed by atoms with Crippen molar-refractivity contribution in [1.82, 2.24) is 15.1 Å². The second kappa shape index (κ2) is 8.17. The molecule has 1 aliphatic carbocycles. The van der Waals surface area contributed by atoms with Crippen LogP contribution in [0.15, 0.2) is 24.3 Å². The van der Waals surface area contributed by atoms with Gasteiger partial charge in [0, 0.05) is 31.2 Å². The number of piperidine rings is 1. The molecule has 1 aromatic rings. The number of rotatable bonds is 5. The molecule has 152 valence electrons. The fourth-order valence-electron chi connectivity index (χ4n) is 4.10. The third-order valence-electron chi connectivity index (χ3n) is 5.95. The Labute approximate surface area is 165 Å². The normalized spacial score (nSPS) is 22.9. The van der Waals surface area contributed by atoms with Gasteiger partial charge in [-0.05, 0) is 31.7 Å². The smallest absolute Gasteiger partial charge is 0.234 e. The van der Waals surface area contributed by atoms with E-state index in [4.69, 9.17) is 4.74 Å². The van der Waals surface area contributed by atoms with E-state index in [1.165, 1.54) is 6.07 Å². The zero-order chi connectivity index (χ0) is 19.6. The van der Waals surface area contributed by atoms with E-state index in [2.05, 4.69) is 10.2 Å². The van der Waals surface area contributed by atoms with Crippen molar-refractivity contribution in [1.29, 1.82) is 0 Å². The van der Waals surface area contributed by atoms with Crippen LogP contribution in [0.2, 0.25) is 0 Å². The highest BCUT2D eigenvalue weighted by Gasteiger charge is 2.40. The van der Waals surface area contributed by atoms with Crippen LogP contribution in [0.1, 0.15) is 37.7 Å². The Morgan fingerprint density at radius 1 is 1.25 bits per heavy atom. The molecule has 0 aromatic heterocycles. The summed E-state index contributed by atoms with van der Waals surface area (Å²) >= 11 is 0. The predicted octanol–water partition coefficient (Wildman–Crippen LogP) is 1.69. The lowest BCUT2D eigenvalue weighted by atomic mass is 9.90. The van der Waals surface area contributed by atoms with Crippen LogP contribution in [-0.4, -0.2) is 66.0 Å². The van der Waals surface area contributed by atoms with E-state index in [-0.39, 0.29) is 24.2 Å². The lowest BCUT2D eigenvalue weighted by Gasteiger charge is -2.42. The number of hydrogen-bond acceptors (Lipinski definition) is 4. The van der Waals surface area contributed by atoms with Gasteiger partial charge in [0.1, 0.15) is 5.82 Å². The molecule has 0 unspecified atom stereocenters. The van der Waals surface area contributed by atoms with Gasteiger partial charge in [-0.25, -0.2) is 4.39 Å². The number of carbonyl (C=O) groups is 2. The van der Waals surface area contributed by atoms with Crippen LogP contribution in [0.5, 0.6) is 0 Å². The highest BCUT2D eigenvalue weighted by molar-refractivity contribution is 5.78. The molecule has 1 saturated carbocycles. The van der Waals surface area contributed by atoms with Crippen LogP contribution < -0.4 is 5.32 Å². The van der Waals surface area contributed by atoms with E-state index in [0.29, 0.717) is 37.7 Å². The third-order valence-corrected chi connectivity index (χ3v) is 5.95. The first kappa shape index (κ1) is 19.3. The minimum Gasteiger partial charge on any atom is -0.373 e. The minimum absolute atomic E-state index is 0.00590. The van der Waals surface area contributed by atoms with E-state index in [0.717, 1.165) is 38.8 Å². The average molecular weight is 389 g/mol. The first-order chi connectivity index (χ1) is 13.5. The summed E-state index contributed by atoms with van der Waals surface area (Å²) in [5.41, 5.74) is 0.128. The van der Waals surface area contributed by atoms with Crippen LogP contribution in [-0.2, 0) is 20.9 Å². The highest BCUT2D eigenvalue weighted by atomic mass is 19.1. The Kier molecular flexibility index (Phi) is 5.64. The maximum absolute atomic E-state index is 14.1. The molecule has 0 radical (unpaired) electrons. The zero-order valence-electron chi connectivity index (χ0n) is 16.2. The molecule has 3 aliphatic rings. The van der Waals surface area contributed by atoms with E-state index in [1.807, 2.05) is 0 Å². The molecular formula is C21H28FN3O3. The standard InChI is InChI=1S/C21H28FN3O3/c22-18-4-2-1-3-16(18)13-25-15-21(28-12-7-20(25)27)8-10-24(11-9-21)14-19(26)23-17-5-6-17/h1-4,17H,5-15H2,(H,23,26). The molecule has 4 rings (SSSR count). The third kappa shape index (κ3) is 4.70. The molecule has 1 spiro atoms. The van der Waals surface area contributed by atoms with E-state index >= 15 is 0 Å².